The maximum atomic E-state index is 14.0. The van der Waals surface area contributed by atoms with Crippen molar-refractivity contribution < 1.29 is 36.2 Å². The minimum absolute atomic E-state index is 0.0230. The first-order chi connectivity index (χ1) is 19.9. The van der Waals surface area contributed by atoms with Gasteiger partial charge in [0.15, 0.2) is 11.3 Å². The van der Waals surface area contributed by atoms with Gasteiger partial charge in [-0.15, -0.1) is 0 Å². The normalized spacial score (nSPS) is 23.0. The molecule has 3 aromatic rings. The van der Waals surface area contributed by atoms with Crippen molar-refractivity contribution in [3.63, 3.8) is 0 Å². The van der Waals surface area contributed by atoms with Crippen molar-refractivity contribution >= 4 is 17.6 Å². The molecule has 226 valence electrons. The second-order valence-corrected chi connectivity index (χ2v) is 11.4. The van der Waals surface area contributed by atoms with Crippen molar-refractivity contribution in [2.75, 3.05) is 6.54 Å². The van der Waals surface area contributed by atoms with Crippen LogP contribution in [0, 0.1) is 18.8 Å². The summed E-state index contributed by atoms with van der Waals surface area (Å²) in [7, 11) is 0. The number of halogens is 5. The second-order valence-electron chi connectivity index (χ2n) is 11.4. The fourth-order valence-electron chi connectivity index (χ4n) is 6.00. The molecule has 0 bridgehead atoms. The number of carbonyl (C=O) groups is 2. The summed E-state index contributed by atoms with van der Waals surface area (Å²) in [5.74, 6) is -3.61. The molecule has 1 saturated heterocycles. The van der Waals surface area contributed by atoms with E-state index in [1.54, 1.807) is 25.4 Å². The number of amides is 3. The van der Waals surface area contributed by atoms with E-state index in [9.17, 15) is 31.5 Å². The fourth-order valence-corrected chi connectivity index (χ4v) is 6.00. The van der Waals surface area contributed by atoms with Gasteiger partial charge in [-0.1, -0.05) is 5.16 Å². The number of imidazole rings is 1. The van der Waals surface area contributed by atoms with Gasteiger partial charge in [-0.25, -0.2) is 27.7 Å². The molecule has 2 N–H and O–H groups in total. The first kappa shape index (κ1) is 28.3. The van der Waals surface area contributed by atoms with E-state index in [0.29, 0.717) is 16.9 Å². The maximum absolute atomic E-state index is 14.0. The van der Waals surface area contributed by atoms with Crippen LogP contribution < -0.4 is 10.6 Å². The average molecular weight is 597 g/mol. The van der Waals surface area contributed by atoms with E-state index in [4.69, 9.17) is 0 Å². The Hall–Kier alpha value is -3.85. The van der Waals surface area contributed by atoms with Crippen LogP contribution >= 0.6 is 0 Å². The number of rotatable bonds is 7. The zero-order valence-electron chi connectivity index (χ0n) is 22.6. The maximum Gasteiger partial charge on any atom is 0.408 e. The Morgan fingerprint density at radius 1 is 1.14 bits per heavy atom. The number of carbonyl (C=O) groups excluding carboxylic acids is 2. The van der Waals surface area contributed by atoms with Gasteiger partial charge in [0.25, 0.3) is 5.91 Å². The summed E-state index contributed by atoms with van der Waals surface area (Å²) in [6.45, 7) is 1.50. The first-order valence-electron chi connectivity index (χ1n) is 13.9. The lowest BCUT2D eigenvalue weighted by molar-refractivity contribution is -0.159. The lowest BCUT2D eigenvalue weighted by Crippen LogP contribution is -2.57. The minimum atomic E-state index is -4.52. The largest absolute Gasteiger partial charge is 0.408 e. The number of nitrogens with zero attached hydrogens (tertiary/aromatic N) is 6. The highest BCUT2D eigenvalue weighted by molar-refractivity contribution is 5.93. The van der Waals surface area contributed by atoms with Crippen LogP contribution in [0.4, 0.5) is 26.7 Å². The van der Waals surface area contributed by atoms with E-state index in [-0.39, 0.29) is 61.9 Å². The topological polar surface area (TPSA) is 131 Å². The smallest absolute Gasteiger partial charge is 0.342 e. The van der Waals surface area contributed by atoms with Gasteiger partial charge in [0.1, 0.15) is 11.7 Å². The van der Waals surface area contributed by atoms with Crippen molar-refractivity contribution in [1.29, 1.82) is 0 Å². The van der Waals surface area contributed by atoms with Gasteiger partial charge < -0.3 is 15.5 Å². The van der Waals surface area contributed by atoms with Crippen LogP contribution in [-0.4, -0.2) is 66.4 Å². The Balaban J connectivity index is 1.28. The van der Waals surface area contributed by atoms with Gasteiger partial charge >= 0.3 is 12.2 Å². The third kappa shape index (κ3) is 5.62. The molecule has 3 atom stereocenters. The molecule has 0 aromatic carbocycles. The van der Waals surface area contributed by atoms with E-state index in [2.05, 4.69) is 35.7 Å². The van der Waals surface area contributed by atoms with Crippen LogP contribution in [0.25, 0.3) is 5.65 Å². The molecule has 3 aliphatic rings. The zero-order valence-corrected chi connectivity index (χ0v) is 22.6. The van der Waals surface area contributed by atoms with Gasteiger partial charge in [-0.05, 0) is 67.7 Å². The molecule has 16 heteroatoms. The summed E-state index contributed by atoms with van der Waals surface area (Å²) in [6.07, 6.45) is -0.294. The van der Waals surface area contributed by atoms with Crippen LogP contribution in [0.5, 0.6) is 0 Å². The lowest BCUT2D eigenvalue weighted by atomic mass is 9.81. The molecule has 3 fully saturated rings. The summed E-state index contributed by atoms with van der Waals surface area (Å²) < 4.78 is 73.7. The molecule has 0 radical (unpaired) electrons. The Morgan fingerprint density at radius 3 is 2.50 bits per heavy atom. The predicted molar refractivity (Wildman–Crippen MR) is 134 cm³/mol. The number of alkyl halides is 5. The van der Waals surface area contributed by atoms with Crippen LogP contribution in [0.15, 0.2) is 23.1 Å². The number of aromatic nitrogens is 5. The molecule has 3 aromatic heterocycles. The van der Waals surface area contributed by atoms with E-state index in [1.165, 1.54) is 9.42 Å². The van der Waals surface area contributed by atoms with Gasteiger partial charge in [-0.3, -0.25) is 4.79 Å². The Morgan fingerprint density at radius 2 is 1.88 bits per heavy atom. The van der Waals surface area contributed by atoms with Crippen LogP contribution in [-0.2, 0) is 0 Å². The molecule has 0 unspecified atom stereocenters. The number of hydrogen-bond donors (Lipinski definition) is 2. The molecule has 1 aliphatic heterocycles. The number of aryl methyl sites for hydroxylation is 1. The highest BCUT2D eigenvalue weighted by atomic mass is 19.4. The number of fused-ring (bicyclic) bond motifs is 1. The second kappa shape index (κ2) is 10.5. The predicted octanol–water partition coefficient (Wildman–Crippen LogP) is 4.51. The lowest BCUT2D eigenvalue weighted by Gasteiger charge is -2.38. The molecule has 2 saturated carbocycles. The van der Waals surface area contributed by atoms with Crippen molar-refractivity contribution in [2.45, 2.75) is 82.1 Å². The number of nitrogens with one attached hydrogen (secondary N) is 2. The van der Waals surface area contributed by atoms with Gasteiger partial charge in [0.2, 0.25) is 5.92 Å². The zero-order chi connectivity index (χ0) is 29.8. The molecule has 3 amide bonds. The number of hydrogen-bond acceptors (Lipinski definition) is 7. The van der Waals surface area contributed by atoms with Crippen LogP contribution in [0.3, 0.4) is 0 Å². The molecule has 0 spiro atoms. The Labute approximate surface area is 236 Å². The van der Waals surface area contributed by atoms with Crippen molar-refractivity contribution in [2.24, 2.45) is 11.8 Å². The summed E-state index contributed by atoms with van der Waals surface area (Å²) in [4.78, 5) is 31.9. The van der Waals surface area contributed by atoms with E-state index >= 15 is 0 Å². The van der Waals surface area contributed by atoms with Crippen molar-refractivity contribution in [3.8, 4) is 0 Å². The average Bonchev–Trinajstić information content (AvgIpc) is 3.51. The van der Waals surface area contributed by atoms with Crippen LogP contribution in [0.2, 0.25) is 0 Å². The standard InChI is InChI=1S/C26H29F5N8O3/c1-13-20(37-42-36-13)23(40)35-21(14-4-7-25(27,28)8-5-14)17-12-39-19(33-17)10-16(11-32-39)22(15-2-3-15)38-9-6-18(26(29,30)31)34-24(38)41/h10-12,14-15,18,21-22H,2-9H2,1H3,(H,34,41)(H,35,40)/t18-,21+,22-/m1/s1. The summed E-state index contributed by atoms with van der Waals surface area (Å²) in [5, 5.41) is 16.7. The van der Waals surface area contributed by atoms with Gasteiger partial charge in [-0.2, -0.15) is 18.3 Å². The summed E-state index contributed by atoms with van der Waals surface area (Å²) >= 11 is 0. The highest BCUT2D eigenvalue weighted by Gasteiger charge is 2.47. The fraction of sp³-hybridized carbons (Fsp3) is 0.615. The van der Waals surface area contributed by atoms with E-state index in [0.717, 1.165) is 12.8 Å². The van der Waals surface area contributed by atoms with Gasteiger partial charge in [0, 0.05) is 19.4 Å². The third-order valence-electron chi connectivity index (χ3n) is 8.42. The SMILES string of the molecule is Cc1nonc1C(=O)N[C@H](c1cn2ncc([C@@H](C3CC3)N3CC[C@H](C(F)(F)F)NC3=O)cc2n1)C1CCC(F)(F)CC1. The number of urea groups is 1. The molecule has 2 aliphatic carbocycles. The third-order valence-corrected chi connectivity index (χ3v) is 8.42. The Bertz CT molecular complexity index is 1480. The first-order valence-corrected chi connectivity index (χ1v) is 13.9. The minimum Gasteiger partial charge on any atom is -0.342 e. The molecule has 42 heavy (non-hydrogen) atoms. The molecule has 4 heterocycles. The molecule has 6 rings (SSSR count). The highest BCUT2D eigenvalue weighted by Crippen LogP contribution is 2.46. The molecular weight excluding hydrogens is 567 g/mol. The summed E-state index contributed by atoms with van der Waals surface area (Å²) in [6, 6.07) is -2.15. The van der Waals surface area contributed by atoms with E-state index < -0.39 is 42.2 Å². The van der Waals surface area contributed by atoms with Crippen LogP contribution in [0.1, 0.15) is 84.5 Å². The molecule has 11 nitrogen and oxygen atoms in total. The molecular formula is C26H29F5N8O3. The Kier molecular flexibility index (Phi) is 7.04. The van der Waals surface area contributed by atoms with E-state index in [1.807, 2.05) is 0 Å². The van der Waals surface area contributed by atoms with Gasteiger partial charge in [0.05, 0.1) is 30.2 Å². The van der Waals surface area contributed by atoms with Crippen molar-refractivity contribution in [1.82, 2.24) is 40.4 Å². The van der Waals surface area contributed by atoms with Crippen molar-refractivity contribution in [3.05, 3.63) is 41.1 Å². The quantitative estimate of drug-likeness (QED) is 0.384. The monoisotopic (exact) mass is 596 g/mol. The summed E-state index contributed by atoms with van der Waals surface area (Å²) in [5.41, 5.74) is 1.68.